The first-order chi connectivity index (χ1) is 33.6. The van der Waals surface area contributed by atoms with Crippen molar-refractivity contribution in [2.24, 2.45) is 0 Å². The maximum absolute atomic E-state index is 12.3. The van der Waals surface area contributed by atoms with E-state index in [4.69, 9.17) is 9.47 Å². The van der Waals surface area contributed by atoms with Crippen LogP contribution in [0.5, 0.6) is 0 Å². The molecule has 0 heterocycles. The fraction of sp³-hybridized carbons (Fsp3) is 0.587. The summed E-state index contributed by atoms with van der Waals surface area (Å²) in [5.74, 6) is -0.623. The Balaban J connectivity index is 3.58. The van der Waals surface area contributed by atoms with Crippen LogP contribution in [0.2, 0.25) is 0 Å². The average Bonchev–Trinajstić information content (AvgIpc) is 3.34. The fourth-order valence-corrected chi connectivity index (χ4v) is 7.09. The van der Waals surface area contributed by atoms with Gasteiger partial charge in [0, 0.05) is 12.8 Å². The highest BCUT2D eigenvalue weighted by atomic mass is 16.6. The smallest absolute Gasteiger partial charge is 0.306 e. The summed E-state index contributed by atoms with van der Waals surface area (Å²) < 4.78 is 10.7. The Bertz CT molecular complexity index is 1480. The Morgan fingerprint density at radius 3 is 0.882 bits per heavy atom. The van der Waals surface area contributed by atoms with E-state index in [9.17, 15) is 14.7 Å². The summed E-state index contributed by atoms with van der Waals surface area (Å²) in [4.78, 5) is 24.4. The van der Waals surface area contributed by atoms with Gasteiger partial charge >= 0.3 is 11.9 Å². The molecule has 0 aliphatic rings. The number of unbranched alkanes of at least 4 members (excludes halogenated alkanes) is 16. The van der Waals surface area contributed by atoms with Crippen molar-refractivity contribution in [2.75, 3.05) is 13.2 Å². The molecule has 0 aliphatic carbocycles. The van der Waals surface area contributed by atoms with Crippen molar-refractivity contribution in [1.82, 2.24) is 0 Å². The summed E-state index contributed by atoms with van der Waals surface area (Å²) in [5.41, 5.74) is 0. The van der Waals surface area contributed by atoms with Crippen LogP contribution in [0.4, 0.5) is 0 Å². The minimum absolute atomic E-state index is 0.0836. The summed E-state index contributed by atoms with van der Waals surface area (Å²) >= 11 is 0. The summed E-state index contributed by atoms with van der Waals surface area (Å²) in [6, 6.07) is 0. The predicted molar refractivity (Wildman–Crippen MR) is 297 cm³/mol. The van der Waals surface area contributed by atoms with Gasteiger partial charge < -0.3 is 14.6 Å². The first kappa shape index (κ1) is 63.8. The molecule has 0 spiro atoms. The zero-order chi connectivity index (χ0) is 49.2. The first-order valence-corrected chi connectivity index (χ1v) is 27.4. The van der Waals surface area contributed by atoms with Gasteiger partial charge in [-0.05, 0) is 116 Å². The molecule has 0 saturated heterocycles. The molecule has 1 atom stereocenters. The molecule has 0 amide bonds. The van der Waals surface area contributed by atoms with Gasteiger partial charge in [0.25, 0.3) is 0 Å². The number of carbonyl (C=O) groups is 2. The zero-order valence-electron chi connectivity index (χ0n) is 43.6. The fourth-order valence-electron chi connectivity index (χ4n) is 7.09. The van der Waals surface area contributed by atoms with Gasteiger partial charge in [0.15, 0.2) is 6.10 Å². The van der Waals surface area contributed by atoms with Crippen LogP contribution >= 0.6 is 0 Å². The molecular weight excluding hydrogens is 837 g/mol. The Hall–Kier alpha value is -4.22. The summed E-state index contributed by atoms with van der Waals surface area (Å²) in [5, 5.41) is 9.62. The molecule has 0 bridgehead atoms. The number of ether oxygens (including phenoxy) is 2. The highest BCUT2D eigenvalue weighted by Gasteiger charge is 2.16. The predicted octanol–water partition coefficient (Wildman–Crippen LogP) is 18.6. The van der Waals surface area contributed by atoms with E-state index < -0.39 is 6.10 Å². The van der Waals surface area contributed by atoms with Crippen LogP contribution in [0, 0.1) is 0 Å². The number of aliphatic hydroxyl groups is 1. The second kappa shape index (κ2) is 57.1. The van der Waals surface area contributed by atoms with Crippen LogP contribution in [0.1, 0.15) is 219 Å². The van der Waals surface area contributed by atoms with Gasteiger partial charge in [-0.2, -0.15) is 0 Å². The lowest BCUT2D eigenvalue weighted by Gasteiger charge is -2.15. The van der Waals surface area contributed by atoms with Gasteiger partial charge in [-0.15, -0.1) is 0 Å². The van der Waals surface area contributed by atoms with E-state index in [1.165, 1.54) is 64.2 Å². The van der Waals surface area contributed by atoms with Gasteiger partial charge in [0.2, 0.25) is 0 Å². The van der Waals surface area contributed by atoms with E-state index in [1.54, 1.807) is 0 Å². The Labute approximate surface area is 418 Å². The third-order valence-corrected chi connectivity index (χ3v) is 11.1. The summed E-state index contributed by atoms with van der Waals surface area (Å²) in [7, 11) is 0. The van der Waals surface area contributed by atoms with E-state index in [2.05, 4.69) is 160 Å². The van der Waals surface area contributed by atoms with Crippen molar-refractivity contribution in [2.45, 2.75) is 225 Å². The monoisotopic (exact) mass is 937 g/mol. The Morgan fingerprint density at radius 1 is 0.338 bits per heavy atom. The molecule has 0 rings (SSSR count). The van der Waals surface area contributed by atoms with E-state index in [0.717, 1.165) is 128 Å². The normalized spacial score (nSPS) is 13.4. The molecule has 1 N–H and O–H groups in total. The SMILES string of the molecule is CC/C=C\C/C=C\C/C=C\C/C=C\C/C=C\C/C=C\C/C=C\C/C=C\C/C=C\CCCCCCCCCCCCCC(=O)OC(CO)COC(=O)CCCCCCC/C=C\C/C=C\C/C=C\CC. The highest BCUT2D eigenvalue weighted by Crippen LogP contribution is 2.14. The molecule has 5 nitrogen and oxygen atoms in total. The third kappa shape index (κ3) is 54.4. The van der Waals surface area contributed by atoms with E-state index >= 15 is 0 Å². The number of hydrogen-bond acceptors (Lipinski definition) is 5. The standard InChI is InChI=1S/C63H100O5/c1-3-5-7-9-11-13-15-17-19-20-21-22-23-24-25-26-27-28-29-30-31-32-33-34-35-36-37-38-39-40-41-42-44-46-48-50-52-54-56-58-63(66)68-61(59-64)60-67-62(65)57-55-53-51-49-47-45-43-18-16-14-12-10-8-6-4-2/h5-8,11-14,17-19,21-22,24-25,27-28,30-31,33-34,36-37,43,61,64H,3-4,9-10,15-16,20,23,26,29,32,35,38-42,44-60H2,1-2H3/b7-5-,8-6-,13-11-,14-12-,19-17-,22-21-,25-24-,28-27-,31-30-,34-33-,37-36-,43-18-. The van der Waals surface area contributed by atoms with Gasteiger partial charge in [-0.3, -0.25) is 9.59 Å². The van der Waals surface area contributed by atoms with Crippen molar-refractivity contribution in [3.8, 4) is 0 Å². The number of hydrogen-bond donors (Lipinski definition) is 1. The molecule has 0 aromatic rings. The lowest BCUT2D eigenvalue weighted by Crippen LogP contribution is -2.28. The van der Waals surface area contributed by atoms with Crippen LogP contribution in [-0.4, -0.2) is 36.4 Å². The van der Waals surface area contributed by atoms with Gasteiger partial charge in [-0.1, -0.05) is 237 Å². The Kier molecular flexibility index (Phi) is 53.6. The van der Waals surface area contributed by atoms with E-state index in [0.29, 0.717) is 12.8 Å². The number of carbonyl (C=O) groups excluding carboxylic acids is 2. The first-order valence-electron chi connectivity index (χ1n) is 27.4. The lowest BCUT2D eigenvalue weighted by atomic mass is 10.0. The second-order valence-electron chi connectivity index (χ2n) is 17.5. The number of aliphatic hydroxyl groups excluding tert-OH is 1. The molecule has 0 aliphatic heterocycles. The lowest BCUT2D eigenvalue weighted by molar-refractivity contribution is -0.161. The molecular formula is C63H100O5. The van der Waals surface area contributed by atoms with Crippen molar-refractivity contribution >= 4 is 11.9 Å². The largest absolute Gasteiger partial charge is 0.462 e. The van der Waals surface area contributed by atoms with Crippen LogP contribution in [0.15, 0.2) is 146 Å². The van der Waals surface area contributed by atoms with Crippen LogP contribution in [0.3, 0.4) is 0 Å². The minimum atomic E-state index is -0.790. The van der Waals surface area contributed by atoms with Crippen molar-refractivity contribution < 1.29 is 24.2 Å². The molecule has 0 fully saturated rings. The summed E-state index contributed by atoms with van der Waals surface area (Å²) in [6.07, 6.45) is 86.7. The molecule has 0 saturated carbocycles. The highest BCUT2D eigenvalue weighted by molar-refractivity contribution is 5.70. The Morgan fingerprint density at radius 2 is 0.588 bits per heavy atom. The van der Waals surface area contributed by atoms with E-state index in [-0.39, 0.29) is 25.2 Å². The molecule has 1 unspecified atom stereocenters. The van der Waals surface area contributed by atoms with Crippen molar-refractivity contribution in [1.29, 1.82) is 0 Å². The topological polar surface area (TPSA) is 72.8 Å². The second-order valence-corrected chi connectivity index (χ2v) is 17.5. The molecule has 68 heavy (non-hydrogen) atoms. The number of esters is 2. The van der Waals surface area contributed by atoms with Gasteiger partial charge in [0.05, 0.1) is 6.61 Å². The van der Waals surface area contributed by atoms with Crippen LogP contribution < -0.4 is 0 Å². The molecule has 0 aromatic heterocycles. The quantitative estimate of drug-likeness (QED) is 0.0374. The summed E-state index contributed by atoms with van der Waals surface area (Å²) in [6.45, 7) is 3.88. The maximum atomic E-state index is 12.3. The number of allylic oxidation sites excluding steroid dienone is 24. The van der Waals surface area contributed by atoms with E-state index in [1.807, 2.05) is 0 Å². The van der Waals surface area contributed by atoms with Crippen LogP contribution in [0.25, 0.3) is 0 Å². The average molecular weight is 937 g/mol. The molecule has 0 radical (unpaired) electrons. The van der Waals surface area contributed by atoms with Crippen molar-refractivity contribution in [3.63, 3.8) is 0 Å². The molecule has 382 valence electrons. The van der Waals surface area contributed by atoms with Crippen molar-refractivity contribution in [3.05, 3.63) is 146 Å². The number of rotatable bonds is 48. The maximum Gasteiger partial charge on any atom is 0.306 e. The third-order valence-electron chi connectivity index (χ3n) is 11.1. The van der Waals surface area contributed by atoms with Gasteiger partial charge in [0.1, 0.15) is 6.61 Å². The molecule has 0 aromatic carbocycles. The minimum Gasteiger partial charge on any atom is -0.462 e. The molecule has 5 heteroatoms. The zero-order valence-corrected chi connectivity index (χ0v) is 43.6. The van der Waals surface area contributed by atoms with Crippen LogP contribution in [-0.2, 0) is 19.1 Å². The van der Waals surface area contributed by atoms with Gasteiger partial charge in [-0.25, -0.2) is 0 Å².